The molecule has 0 saturated carbocycles. The monoisotopic (exact) mass is 372 g/mol. The molecule has 4 N–H and O–H groups in total. The van der Waals surface area contributed by atoms with Gasteiger partial charge in [-0.05, 0) is 60.5 Å². The maximum atomic E-state index is 12.0. The number of ether oxygens (including phenoxy) is 1. The summed E-state index contributed by atoms with van der Waals surface area (Å²) in [6.45, 7) is 3.66. The summed E-state index contributed by atoms with van der Waals surface area (Å²) in [5.41, 5.74) is 1.19. The van der Waals surface area contributed by atoms with Gasteiger partial charge in [0.25, 0.3) is 0 Å². The minimum absolute atomic E-state index is 0.106. The Balaban J connectivity index is 1.51. The van der Waals surface area contributed by atoms with Gasteiger partial charge in [0.15, 0.2) is 0 Å². The number of nitrogens with zero attached hydrogens (tertiary/aromatic N) is 1. The summed E-state index contributed by atoms with van der Waals surface area (Å²) in [5.74, 6) is 1.10. The van der Waals surface area contributed by atoms with E-state index in [-0.39, 0.29) is 6.54 Å². The van der Waals surface area contributed by atoms with E-state index in [0.29, 0.717) is 17.3 Å². The average Bonchev–Trinajstić information content (AvgIpc) is 3.27. The van der Waals surface area contributed by atoms with Crippen LogP contribution in [0.4, 0.5) is 10.5 Å². The number of benzene rings is 1. The number of nitrogens with one attached hydrogen (secondary N) is 3. The molecule has 3 aromatic rings. The first-order valence-electron chi connectivity index (χ1n) is 8.02. The number of aryl methyl sites for hydroxylation is 1. The Bertz CT molecular complexity index is 857. The molecule has 0 fully saturated rings. The van der Waals surface area contributed by atoms with E-state index in [2.05, 4.69) is 20.8 Å². The molecule has 0 spiro atoms. The smallest absolute Gasteiger partial charge is 0.319 e. The number of amides is 2. The van der Waals surface area contributed by atoms with Gasteiger partial charge in [-0.25, -0.2) is 4.79 Å². The summed E-state index contributed by atoms with van der Waals surface area (Å²) in [6, 6.07) is 10.2. The molecule has 0 aliphatic carbocycles. The molecule has 8 heteroatoms. The van der Waals surface area contributed by atoms with Gasteiger partial charge in [0, 0.05) is 17.4 Å². The number of carbonyl (C=O) groups excluding carboxylic acids is 1. The summed E-state index contributed by atoms with van der Waals surface area (Å²) in [7, 11) is 0. The number of urea groups is 1. The number of aromatic nitrogens is 2. The van der Waals surface area contributed by atoms with Gasteiger partial charge in [0.1, 0.15) is 11.4 Å². The standard InChI is InChI=1S/C18H20N4O3S/c1-12-9-16(22-21-12)25-15-5-3-14(4-6-15)20-17(23)19-11-18(2,24)13-7-8-26-10-13/h3-10,24H,11H2,1-2H3,(H,21,22)(H2,19,20,23)/t18-/m0/s1. The predicted molar refractivity (Wildman–Crippen MR) is 101 cm³/mol. The van der Waals surface area contributed by atoms with Crippen LogP contribution in [-0.4, -0.2) is 27.9 Å². The summed E-state index contributed by atoms with van der Waals surface area (Å²) < 4.78 is 5.59. The molecule has 0 bridgehead atoms. The Morgan fingerprint density at radius 2 is 2.12 bits per heavy atom. The molecule has 3 rings (SSSR count). The fourth-order valence-corrected chi connectivity index (χ4v) is 3.06. The minimum atomic E-state index is -1.11. The summed E-state index contributed by atoms with van der Waals surface area (Å²) >= 11 is 1.50. The number of carbonyl (C=O) groups is 1. The Kier molecular flexibility index (Phi) is 5.24. The third-order valence-corrected chi connectivity index (χ3v) is 4.44. The maximum Gasteiger partial charge on any atom is 0.319 e. The molecule has 1 aromatic carbocycles. The minimum Gasteiger partial charge on any atom is -0.438 e. The van der Waals surface area contributed by atoms with Crippen molar-refractivity contribution in [1.29, 1.82) is 0 Å². The second-order valence-corrected chi connectivity index (χ2v) is 6.89. The number of hydrogen-bond acceptors (Lipinski definition) is 5. The van der Waals surface area contributed by atoms with Gasteiger partial charge >= 0.3 is 6.03 Å². The van der Waals surface area contributed by atoms with Crippen LogP contribution in [-0.2, 0) is 5.60 Å². The van der Waals surface area contributed by atoms with Crippen LogP contribution in [0.2, 0.25) is 0 Å². The lowest BCUT2D eigenvalue weighted by Crippen LogP contribution is -2.40. The quantitative estimate of drug-likeness (QED) is 0.531. The largest absolute Gasteiger partial charge is 0.438 e. The third kappa shape index (κ3) is 4.62. The zero-order valence-corrected chi connectivity index (χ0v) is 15.3. The van der Waals surface area contributed by atoms with Crippen LogP contribution in [0.1, 0.15) is 18.2 Å². The Morgan fingerprint density at radius 1 is 1.35 bits per heavy atom. The van der Waals surface area contributed by atoms with Crippen molar-refractivity contribution in [2.75, 3.05) is 11.9 Å². The van der Waals surface area contributed by atoms with Crippen molar-refractivity contribution in [3.8, 4) is 11.6 Å². The van der Waals surface area contributed by atoms with Crippen molar-refractivity contribution < 1.29 is 14.6 Å². The van der Waals surface area contributed by atoms with E-state index in [1.54, 1.807) is 37.3 Å². The molecule has 2 aromatic heterocycles. The highest BCUT2D eigenvalue weighted by Gasteiger charge is 2.24. The molecule has 0 radical (unpaired) electrons. The highest BCUT2D eigenvalue weighted by Crippen LogP contribution is 2.23. The second kappa shape index (κ2) is 7.59. The van der Waals surface area contributed by atoms with Crippen molar-refractivity contribution in [2.45, 2.75) is 19.4 Å². The van der Waals surface area contributed by atoms with Crippen LogP contribution in [0.15, 0.2) is 47.2 Å². The van der Waals surface area contributed by atoms with Gasteiger partial charge in [-0.15, -0.1) is 5.10 Å². The number of anilines is 1. The van der Waals surface area contributed by atoms with E-state index in [9.17, 15) is 9.90 Å². The van der Waals surface area contributed by atoms with E-state index >= 15 is 0 Å². The SMILES string of the molecule is Cc1cc(Oc2ccc(NC(=O)NC[C@](C)(O)c3ccsc3)cc2)n[nH]1. The molecular weight excluding hydrogens is 352 g/mol. The molecule has 0 unspecified atom stereocenters. The lowest BCUT2D eigenvalue weighted by atomic mass is 9.99. The number of thiophene rings is 1. The zero-order valence-electron chi connectivity index (χ0n) is 14.4. The van der Waals surface area contributed by atoms with Crippen molar-refractivity contribution >= 4 is 23.1 Å². The Labute approximate surface area is 155 Å². The topological polar surface area (TPSA) is 99.3 Å². The summed E-state index contributed by atoms with van der Waals surface area (Å²) in [6.07, 6.45) is 0. The van der Waals surface area contributed by atoms with E-state index in [0.717, 1.165) is 11.3 Å². The lowest BCUT2D eigenvalue weighted by Gasteiger charge is -2.22. The molecule has 0 aliphatic rings. The van der Waals surface area contributed by atoms with Crippen molar-refractivity contribution in [2.24, 2.45) is 0 Å². The van der Waals surface area contributed by atoms with Crippen LogP contribution < -0.4 is 15.4 Å². The zero-order chi connectivity index (χ0) is 18.6. The third-order valence-electron chi connectivity index (χ3n) is 3.75. The second-order valence-electron chi connectivity index (χ2n) is 6.11. The molecule has 0 aliphatic heterocycles. The summed E-state index contributed by atoms with van der Waals surface area (Å²) in [4.78, 5) is 12.0. The highest BCUT2D eigenvalue weighted by molar-refractivity contribution is 7.08. The Morgan fingerprint density at radius 3 is 2.73 bits per heavy atom. The van der Waals surface area contributed by atoms with Gasteiger partial charge < -0.3 is 20.5 Å². The maximum absolute atomic E-state index is 12.0. The fourth-order valence-electron chi connectivity index (χ4n) is 2.27. The lowest BCUT2D eigenvalue weighted by molar-refractivity contribution is 0.0604. The number of aliphatic hydroxyl groups is 1. The molecule has 26 heavy (non-hydrogen) atoms. The molecule has 7 nitrogen and oxygen atoms in total. The first kappa shape index (κ1) is 18.0. The number of aromatic amines is 1. The highest BCUT2D eigenvalue weighted by atomic mass is 32.1. The van der Waals surface area contributed by atoms with Gasteiger partial charge in [-0.3, -0.25) is 5.10 Å². The fraction of sp³-hybridized carbons (Fsp3) is 0.222. The van der Waals surface area contributed by atoms with E-state index in [4.69, 9.17) is 4.74 Å². The molecule has 2 heterocycles. The molecule has 136 valence electrons. The Hall–Kier alpha value is -2.84. The number of rotatable bonds is 6. The van der Waals surface area contributed by atoms with E-state index < -0.39 is 11.6 Å². The van der Waals surface area contributed by atoms with Gasteiger partial charge in [0.2, 0.25) is 5.88 Å². The van der Waals surface area contributed by atoms with Crippen molar-refractivity contribution in [3.05, 3.63) is 58.4 Å². The van der Waals surface area contributed by atoms with Crippen LogP contribution >= 0.6 is 11.3 Å². The number of hydrogen-bond donors (Lipinski definition) is 4. The van der Waals surface area contributed by atoms with Gasteiger partial charge in [-0.2, -0.15) is 11.3 Å². The first-order valence-corrected chi connectivity index (χ1v) is 8.96. The van der Waals surface area contributed by atoms with Crippen LogP contribution in [0, 0.1) is 6.92 Å². The van der Waals surface area contributed by atoms with Crippen LogP contribution in [0.25, 0.3) is 0 Å². The van der Waals surface area contributed by atoms with Crippen LogP contribution in [0.5, 0.6) is 11.6 Å². The van der Waals surface area contributed by atoms with Gasteiger partial charge in [-0.1, -0.05) is 0 Å². The molecular formula is C18H20N4O3S. The first-order chi connectivity index (χ1) is 12.4. The van der Waals surface area contributed by atoms with E-state index in [1.165, 1.54) is 11.3 Å². The van der Waals surface area contributed by atoms with Crippen LogP contribution in [0.3, 0.4) is 0 Å². The molecule has 1 atom stereocenters. The molecule has 0 saturated heterocycles. The van der Waals surface area contributed by atoms with Crippen molar-refractivity contribution in [3.63, 3.8) is 0 Å². The average molecular weight is 372 g/mol. The van der Waals surface area contributed by atoms with Crippen molar-refractivity contribution in [1.82, 2.24) is 15.5 Å². The normalized spacial score (nSPS) is 13.0. The summed E-state index contributed by atoms with van der Waals surface area (Å²) in [5, 5.41) is 26.4. The van der Waals surface area contributed by atoms with E-state index in [1.807, 2.05) is 23.8 Å². The van der Waals surface area contributed by atoms with Gasteiger partial charge in [0.05, 0.1) is 6.54 Å². The molecule has 2 amide bonds. The predicted octanol–water partition coefficient (Wildman–Crippen LogP) is 3.60. The number of H-pyrrole nitrogens is 1.